The van der Waals surface area contributed by atoms with Crippen LogP contribution in [0.1, 0.15) is 0 Å². The van der Waals surface area contributed by atoms with Crippen molar-refractivity contribution in [3.63, 3.8) is 0 Å². The first kappa shape index (κ1) is 11.4. The molecule has 1 nitrogen and oxygen atoms in total. The van der Waals surface area contributed by atoms with E-state index in [9.17, 15) is 0 Å². The molecule has 0 radical (unpaired) electrons. The van der Waals surface area contributed by atoms with Gasteiger partial charge >= 0.3 is 0 Å². The largest absolute Gasteiger partial charge is 0.508 e. The molecule has 0 amide bonds. The molecule has 0 saturated heterocycles. The zero-order valence-corrected chi connectivity index (χ0v) is 8.51. The van der Waals surface area contributed by atoms with Crippen molar-refractivity contribution in [1.29, 1.82) is 0 Å². The third kappa shape index (κ3) is 4.17. The maximum Gasteiger partial charge on any atom is 0.115 e. The van der Waals surface area contributed by atoms with Crippen LogP contribution in [-0.2, 0) is 19.5 Å². The van der Waals surface area contributed by atoms with Gasteiger partial charge in [0.1, 0.15) is 5.75 Å². The Bertz CT molecular complexity index is 139. The minimum atomic E-state index is 0. The van der Waals surface area contributed by atoms with Crippen molar-refractivity contribution in [1.82, 2.24) is 0 Å². The van der Waals surface area contributed by atoms with Crippen molar-refractivity contribution in [2.24, 2.45) is 0 Å². The van der Waals surface area contributed by atoms with Crippen LogP contribution in [0.4, 0.5) is 0 Å². The summed E-state index contributed by atoms with van der Waals surface area (Å²) in [5.74, 6) is 0.322. The number of aromatic hydroxyl groups is 1. The minimum absolute atomic E-state index is 0. The molecular weight excluding hydrogens is 165 g/mol. The molecule has 2 heteroatoms. The van der Waals surface area contributed by atoms with E-state index in [0.717, 1.165) is 0 Å². The van der Waals surface area contributed by atoms with E-state index in [0.29, 0.717) is 5.75 Å². The Morgan fingerprint density at radius 2 is 1.44 bits per heavy atom. The van der Waals surface area contributed by atoms with Gasteiger partial charge in [0, 0.05) is 19.5 Å². The first-order chi connectivity index (χ1) is 3.39. The second-order valence-electron chi connectivity index (χ2n) is 1.34. The summed E-state index contributed by atoms with van der Waals surface area (Å²) in [7, 11) is 0. The molecule has 9 heavy (non-hydrogen) atoms. The summed E-state index contributed by atoms with van der Waals surface area (Å²) in [4.78, 5) is 0. The normalized spacial score (nSPS) is 6.67. The number of rotatable bonds is 0. The SMILES string of the molecule is Oc1ccccc1.[CH3-].[Zn]. The van der Waals surface area contributed by atoms with Crippen molar-refractivity contribution in [2.75, 3.05) is 0 Å². The second kappa shape index (κ2) is 5.77. The zero-order valence-electron chi connectivity index (χ0n) is 5.54. The van der Waals surface area contributed by atoms with Crippen LogP contribution in [0.15, 0.2) is 30.3 Å². The monoisotopic (exact) mass is 173 g/mol. The molecule has 1 N–H and O–H groups in total. The maximum absolute atomic E-state index is 8.63. The van der Waals surface area contributed by atoms with Gasteiger partial charge in [-0.3, -0.25) is 0 Å². The molecule has 1 aromatic rings. The minimum Gasteiger partial charge on any atom is -0.508 e. The zero-order chi connectivity index (χ0) is 5.11. The summed E-state index contributed by atoms with van der Waals surface area (Å²) in [6.45, 7) is 0. The summed E-state index contributed by atoms with van der Waals surface area (Å²) in [6, 6.07) is 8.71. The quantitative estimate of drug-likeness (QED) is 0.470. The van der Waals surface area contributed by atoms with E-state index in [2.05, 4.69) is 0 Å². The van der Waals surface area contributed by atoms with Crippen molar-refractivity contribution < 1.29 is 24.6 Å². The van der Waals surface area contributed by atoms with Gasteiger partial charge in [-0.05, 0) is 12.1 Å². The number of hydrogen-bond donors (Lipinski definition) is 1. The second-order valence-corrected chi connectivity index (χ2v) is 1.34. The van der Waals surface area contributed by atoms with E-state index in [1.54, 1.807) is 24.3 Å². The molecule has 0 bridgehead atoms. The number of para-hydroxylation sites is 1. The number of phenolic OH excluding ortho intramolecular Hbond substituents is 1. The van der Waals surface area contributed by atoms with Crippen LogP contribution in [0, 0.1) is 7.43 Å². The fraction of sp³-hybridized carbons (Fsp3) is 0. The molecule has 0 aliphatic carbocycles. The molecule has 1 rings (SSSR count). The van der Waals surface area contributed by atoms with E-state index in [1.165, 1.54) is 0 Å². The first-order valence-corrected chi connectivity index (χ1v) is 2.13. The average molecular weight is 175 g/mol. The molecule has 0 atom stereocenters. The van der Waals surface area contributed by atoms with Crippen LogP contribution in [0.25, 0.3) is 0 Å². The smallest absolute Gasteiger partial charge is 0.115 e. The molecule has 0 unspecified atom stereocenters. The predicted octanol–water partition coefficient (Wildman–Crippen LogP) is 1.84. The summed E-state index contributed by atoms with van der Waals surface area (Å²) in [6.07, 6.45) is 0. The van der Waals surface area contributed by atoms with Gasteiger partial charge < -0.3 is 12.5 Å². The fourth-order valence-corrected chi connectivity index (χ4v) is 0.428. The van der Waals surface area contributed by atoms with E-state index in [4.69, 9.17) is 5.11 Å². The van der Waals surface area contributed by atoms with Gasteiger partial charge in [0.25, 0.3) is 0 Å². The summed E-state index contributed by atoms with van der Waals surface area (Å²) < 4.78 is 0. The van der Waals surface area contributed by atoms with Gasteiger partial charge in [0.2, 0.25) is 0 Å². The first-order valence-electron chi connectivity index (χ1n) is 2.13. The van der Waals surface area contributed by atoms with Crippen LogP contribution < -0.4 is 0 Å². The van der Waals surface area contributed by atoms with Crippen LogP contribution in [0.3, 0.4) is 0 Å². The van der Waals surface area contributed by atoms with E-state index < -0.39 is 0 Å². The average Bonchev–Trinajstić information content (AvgIpc) is 1.69. The maximum atomic E-state index is 8.63. The Labute approximate surface area is 68.5 Å². The van der Waals surface area contributed by atoms with Crippen LogP contribution in [0.5, 0.6) is 5.75 Å². The number of phenols is 1. The molecule has 0 spiro atoms. The van der Waals surface area contributed by atoms with Gasteiger partial charge in [-0.15, -0.1) is 0 Å². The van der Waals surface area contributed by atoms with Gasteiger partial charge in [0.15, 0.2) is 0 Å². The van der Waals surface area contributed by atoms with Gasteiger partial charge in [-0.1, -0.05) is 18.2 Å². The molecular formula is C7H9OZn-. The number of hydrogen-bond acceptors (Lipinski definition) is 1. The summed E-state index contributed by atoms with van der Waals surface area (Å²) in [5.41, 5.74) is 0. The topological polar surface area (TPSA) is 20.2 Å². The molecule has 0 aliphatic rings. The molecule has 0 heterocycles. The summed E-state index contributed by atoms with van der Waals surface area (Å²) in [5, 5.41) is 8.63. The Kier molecular flexibility index (Phi) is 7.34. The van der Waals surface area contributed by atoms with Crippen LogP contribution >= 0.6 is 0 Å². The van der Waals surface area contributed by atoms with Crippen molar-refractivity contribution in [3.05, 3.63) is 37.8 Å². The molecule has 46 valence electrons. The number of benzene rings is 1. The van der Waals surface area contributed by atoms with Gasteiger partial charge in [-0.2, -0.15) is 0 Å². The summed E-state index contributed by atoms with van der Waals surface area (Å²) >= 11 is 0. The van der Waals surface area contributed by atoms with Crippen LogP contribution in [0.2, 0.25) is 0 Å². The van der Waals surface area contributed by atoms with E-state index in [-0.39, 0.29) is 26.9 Å². The third-order valence-electron chi connectivity index (χ3n) is 0.756. The molecule has 0 fully saturated rings. The van der Waals surface area contributed by atoms with Gasteiger partial charge in [-0.25, -0.2) is 0 Å². The molecule has 0 saturated carbocycles. The Balaban J connectivity index is 0. The van der Waals surface area contributed by atoms with E-state index >= 15 is 0 Å². The predicted molar refractivity (Wildman–Crippen MR) is 34.5 cm³/mol. The van der Waals surface area contributed by atoms with Crippen LogP contribution in [-0.4, -0.2) is 5.11 Å². The van der Waals surface area contributed by atoms with Gasteiger partial charge in [0.05, 0.1) is 0 Å². The Morgan fingerprint density at radius 3 is 1.67 bits per heavy atom. The van der Waals surface area contributed by atoms with Crippen molar-refractivity contribution in [2.45, 2.75) is 0 Å². The van der Waals surface area contributed by atoms with Crippen molar-refractivity contribution in [3.8, 4) is 5.75 Å². The Hall–Kier alpha value is -0.357. The fourth-order valence-electron chi connectivity index (χ4n) is 0.428. The van der Waals surface area contributed by atoms with E-state index in [1.807, 2.05) is 6.07 Å². The Morgan fingerprint density at radius 1 is 1.00 bits per heavy atom. The molecule has 1 aromatic carbocycles. The standard InChI is InChI=1S/C6H6O.CH3.Zn/c7-6-4-2-1-3-5-6;;/h1-5,7H;1H3;/q;-1;. The van der Waals surface area contributed by atoms with Crippen molar-refractivity contribution >= 4 is 0 Å². The molecule has 0 aliphatic heterocycles. The molecule has 0 aromatic heterocycles. The third-order valence-corrected chi connectivity index (χ3v) is 0.756.